The Bertz CT molecular complexity index is 687. The maximum absolute atomic E-state index is 11.4. The van der Waals surface area contributed by atoms with Crippen molar-refractivity contribution in [3.8, 4) is 0 Å². The Hall–Kier alpha value is -2.14. The molecule has 0 aliphatic rings. The van der Waals surface area contributed by atoms with E-state index < -0.39 is 5.97 Å². The molecule has 0 amide bonds. The van der Waals surface area contributed by atoms with E-state index in [4.69, 9.17) is 11.6 Å². The normalized spacial score (nSPS) is 10.7. The standard InChI is InChI=1S/C15H16ClN3O2/c1-8(2)14-17-7-12(13(19-14)15(20)21)18-11-5-4-9(3)6-10(11)16/h4-8,18H,1-3H3,(H,20,21). The molecule has 0 radical (unpaired) electrons. The third kappa shape index (κ3) is 3.49. The Morgan fingerprint density at radius 1 is 1.33 bits per heavy atom. The fourth-order valence-electron chi connectivity index (χ4n) is 1.79. The molecule has 0 unspecified atom stereocenters. The molecular formula is C15H16ClN3O2. The van der Waals surface area contributed by atoms with Crippen LogP contribution in [-0.2, 0) is 0 Å². The third-order valence-electron chi connectivity index (χ3n) is 2.92. The van der Waals surface area contributed by atoms with Crippen LogP contribution in [0.1, 0.15) is 41.6 Å². The molecule has 0 aliphatic carbocycles. The van der Waals surface area contributed by atoms with Crippen LogP contribution in [0.15, 0.2) is 24.4 Å². The minimum atomic E-state index is -1.11. The van der Waals surface area contributed by atoms with Crippen LogP contribution in [0, 0.1) is 6.92 Å². The number of aromatic nitrogens is 2. The molecule has 2 rings (SSSR count). The van der Waals surface area contributed by atoms with Gasteiger partial charge in [0.05, 0.1) is 22.6 Å². The highest BCUT2D eigenvalue weighted by molar-refractivity contribution is 6.33. The van der Waals surface area contributed by atoms with E-state index in [0.29, 0.717) is 22.2 Å². The number of aromatic carboxylic acids is 1. The van der Waals surface area contributed by atoms with Crippen LogP contribution >= 0.6 is 11.6 Å². The van der Waals surface area contributed by atoms with Crippen molar-refractivity contribution in [3.05, 3.63) is 46.5 Å². The summed E-state index contributed by atoms with van der Waals surface area (Å²) < 4.78 is 0. The minimum Gasteiger partial charge on any atom is -0.476 e. The molecule has 1 aromatic carbocycles. The highest BCUT2D eigenvalue weighted by Gasteiger charge is 2.16. The fraction of sp³-hybridized carbons (Fsp3) is 0.267. The van der Waals surface area contributed by atoms with Crippen LogP contribution in [0.4, 0.5) is 11.4 Å². The van der Waals surface area contributed by atoms with E-state index in [1.54, 1.807) is 12.1 Å². The van der Waals surface area contributed by atoms with E-state index in [9.17, 15) is 9.90 Å². The van der Waals surface area contributed by atoms with E-state index in [1.807, 2.05) is 26.8 Å². The molecule has 2 aromatic rings. The number of nitrogens with zero attached hydrogens (tertiary/aromatic N) is 2. The maximum Gasteiger partial charge on any atom is 0.356 e. The second-order valence-electron chi connectivity index (χ2n) is 5.06. The molecular weight excluding hydrogens is 290 g/mol. The lowest BCUT2D eigenvalue weighted by Gasteiger charge is -2.12. The Balaban J connectivity index is 2.41. The second kappa shape index (κ2) is 6.10. The topological polar surface area (TPSA) is 75.1 Å². The monoisotopic (exact) mass is 305 g/mol. The van der Waals surface area contributed by atoms with Crippen molar-refractivity contribution in [1.29, 1.82) is 0 Å². The van der Waals surface area contributed by atoms with Gasteiger partial charge in [0.25, 0.3) is 0 Å². The lowest BCUT2D eigenvalue weighted by molar-refractivity contribution is 0.0691. The molecule has 0 atom stereocenters. The fourth-order valence-corrected chi connectivity index (χ4v) is 2.08. The van der Waals surface area contributed by atoms with E-state index >= 15 is 0 Å². The zero-order valence-corrected chi connectivity index (χ0v) is 12.8. The first-order valence-electron chi connectivity index (χ1n) is 6.52. The maximum atomic E-state index is 11.4. The minimum absolute atomic E-state index is 0.0557. The summed E-state index contributed by atoms with van der Waals surface area (Å²) >= 11 is 6.14. The first kappa shape index (κ1) is 15.3. The molecule has 1 heterocycles. The number of halogens is 1. The van der Waals surface area contributed by atoms with Gasteiger partial charge in [-0.2, -0.15) is 0 Å². The second-order valence-corrected chi connectivity index (χ2v) is 5.47. The average molecular weight is 306 g/mol. The van der Waals surface area contributed by atoms with E-state index in [1.165, 1.54) is 6.20 Å². The average Bonchev–Trinajstić information content (AvgIpc) is 2.41. The van der Waals surface area contributed by atoms with Gasteiger partial charge in [-0.25, -0.2) is 14.8 Å². The highest BCUT2D eigenvalue weighted by Crippen LogP contribution is 2.27. The summed E-state index contributed by atoms with van der Waals surface area (Å²) in [6.07, 6.45) is 1.47. The summed E-state index contributed by atoms with van der Waals surface area (Å²) in [5.41, 5.74) is 1.89. The van der Waals surface area contributed by atoms with Gasteiger partial charge in [0.15, 0.2) is 5.69 Å². The molecule has 21 heavy (non-hydrogen) atoms. The zero-order valence-electron chi connectivity index (χ0n) is 12.0. The number of carboxylic acids is 1. The predicted molar refractivity (Wildman–Crippen MR) is 82.6 cm³/mol. The highest BCUT2D eigenvalue weighted by atomic mass is 35.5. The van der Waals surface area contributed by atoms with Gasteiger partial charge in [-0.1, -0.05) is 31.5 Å². The third-order valence-corrected chi connectivity index (χ3v) is 3.23. The van der Waals surface area contributed by atoms with E-state index in [-0.39, 0.29) is 11.6 Å². The number of rotatable bonds is 4. The molecule has 0 aliphatic heterocycles. The first-order chi connectivity index (χ1) is 9.88. The smallest absolute Gasteiger partial charge is 0.356 e. The number of hydrogen-bond donors (Lipinski definition) is 2. The van der Waals surface area contributed by atoms with Gasteiger partial charge in [-0.15, -0.1) is 0 Å². The Morgan fingerprint density at radius 2 is 2.05 bits per heavy atom. The van der Waals surface area contributed by atoms with Crippen molar-refractivity contribution in [2.45, 2.75) is 26.7 Å². The van der Waals surface area contributed by atoms with Crippen LogP contribution in [0.25, 0.3) is 0 Å². The van der Waals surface area contributed by atoms with Crippen LogP contribution in [0.5, 0.6) is 0 Å². The number of nitrogens with one attached hydrogen (secondary N) is 1. The zero-order chi connectivity index (χ0) is 15.6. The molecule has 2 N–H and O–H groups in total. The lowest BCUT2D eigenvalue weighted by Crippen LogP contribution is -2.10. The summed E-state index contributed by atoms with van der Waals surface area (Å²) in [6.45, 7) is 5.74. The number of benzene rings is 1. The molecule has 5 nitrogen and oxygen atoms in total. The molecule has 0 spiro atoms. The molecule has 1 aromatic heterocycles. The van der Waals surface area contributed by atoms with Gasteiger partial charge >= 0.3 is 5.97 Å². The van der Waals surface area contributed by atoms with Crippen molar-refractivity contribution in [1.82, 2.24) is 9.97 Å². The number of anilines is 2. The largest absolute Gasteiger partial charge is 0.476 e. The summed E-state index contributed by atoms with van der Waals surface area (Å²) in [5.74, 6) is -0.557. The van der Waals surface area contributed by atoms with Gasteiger partial charge in [-0.05, 0) is 24.6 Å². The van der Waals surface area contributed by atoms with Crippen molar-refractivity contribution in [2.24, 2.45) is 0 Å². The first-order valence-corrected chi connectivity index (χ1v) is 6.89. The molecule has 0 saturated carbocycles. The number of carboxylic acid groups (broad SMARTS) is 1. The Kier molecular flexibility index (Phi) is 4.43. The van der Waals surface area contributed by atoms with Gasteiger partial charge in [-0.3, -0.25) is 0 Å². The number of hydrogen-bond acceptors (Lipinski definition) is 4. The van der Waals surface area contributed by atoms with Crippen molar-refractivity contribution in [3.63, 3.8) is 0 Å². The van der Waals surface area contributed by atoms with Crippen LogP contribution < -0.4 is 5.32 Å². The predicted octanol–water partition coefficient (Wildman–Crippen LogP) is 4.00. The lowest BCUT2D eigenvalue weighted by atomic mass is 10.2. The molecule has 110 valence electrons. The van der Waals surface area contributed by atoms with Crippen LogP contribution in [0.3, 0.4) is 0 Å². The summed E-state index contributed by atoms with van der Waals surface area (Å²) in [7, 11) is 0. The van der Waals surface area contributed by atoms with E-state index in [2.05, 4.69) is 15.3 Å². The Morgan fingerprint density at radius 3 is 2.62 bits per heavy atom. The van der Waals surface area contributed by atoms with E-state index in [0.717, 1.165) is 5.56 Å². The van der Waals surface area contributed by atoms with Crippen LogP contribution in [-0.4, -0.2) is 21.0 Å². The summed E-state index contributed by atoms with van der Waals surface area (Å²) in [5, 5.41) is 12.8. The van der Waals surface area contributed by atoms with Gasteiger partial charge in [0.1, 0.15) is 5.82 Å². The number of aryl methyl sites for hydroxylation is 1. The Labute approximate surface area is 128 Å². The SMILES string of the molecule is Cc1ccc(Nc2cnc(C(C)C)nc2C(=O)O)c(Cl)c1. The molecule has 0 fully saturated rings. The van der Waals surface area contributed by atoms with Gasteiger partial charge < -0.3 is 10.4 Å². The van der Waals surface area contributed by atoms with Gasteiger partial charge in [0, 0.05) is 5.92 Å². The molecule has 0 bridgehead atoms. The van der Waals surface area contributed by atoms with Crippen molar-refractivity contribution in [2.75, 3.05) is 5.32 Å². The summed E-state index contributed by atoms with van der Waals surface area (Å²) in [6, 6.07) is 5.48. The molecule has 0 saturated heterocycles. The summed E-state index contributed by atoms with van der Waals surface area (Å²) in [4.78, 5) is 19.6. The quantitative estimate of drug-likeness (QED) is 0.893. The molecule has 6 heteroatoms. The van der Waals surface area contributed by atoms with Crippen molar-refractivity contribution >= 4 is 28.9 Å². The van der Waals surface area contributed by atoms with Crippen molar-refractivity contribution < 1.29 is 9.90 Å². The van der Waals surface area contributed by atoms with Gasteiger partial charge in [0.2, 0.25) is 0 Å². The number of carbonyl (C=O) groups is 1. The van der Waals surface area contributed by atoms with Crippen LogP contribution in [0.2, 0.25) is 5.02 Å².